The Morgan fingerprint density at radius 1 is 1.16 bits per heavy atom. The highest BCUT2D eigenvalue weighted by Crippen LogP contribution is 2.25. The maximum Gasteiger partial charge on any atom is 0.224 e. The average Bonchev–Trinajstić information content (AvgIpc) is 2.81. The van der Waals surface area contributed by atoms with Crippen molar-refractivity contribution in [1.82, 2.24) is 19.7 Å². The third-order valence-corrected chi connectivity index (χ3v) is 6.17. The summed E-state index contributed by atoms with van der Waals surface area (Å²) in [6, 6.07) is 2.81. The fourth-order valence-electron chi connectivity index (χ4n) is 3.95. The largest absolute Gasteiger partial charge is 0.474 e. The van der Waals surface area contributed by atoms with E-state index in [0.717, 1.165) is 43.0 Å². The van der Waals surface area contributed by atoms with Gasteiger partial charge in [0.15, 0.2) is 0 Å². The van der Waals surface area contributed by atoms with Crippen molar-refractivity contribution in [3.63, 3.8) is 0 Å². The summed E-state index contributed by atoms with van der Waals surface area (Å²) in [5, 5.41) is 4.03. The summed E-state index contributed by atoms with van der Waals surface area (Å²) in [6.07, 6.45) is 14.6. The van der Waals surface area contributed by atoms with E-state index in [1.165, 1.54) is 32.1 Å². The van der Waals surface area contributed by atoms with E-state index in [1.807, 2.05) is 13.0 Å². The summed E-state index contributed by atoms with van der Waals surface area (Å²) >= 11 is 1.76. The molecule has 0 bridgehead atoms. The molecule has 4 rings (SSSR count). The van der Waals surface area contributed by atoms with Crippen molar-refractivity contribution in [3.8, 4) is 5.88 Å². The lowest BCUT2D eigenvalue weighted by molar-refractivity contribution is 0.0244. The molecule has 8 nitrogen and oxygen atoms in total. The van der Waals surface area contributed by atoms with Crippen molar-refractivity contribution in [3.05, 3.63) is 18.5 Å². The Labute approximate surface area is 195 Å². The van der Waals surface area contributed by atoms with Gasteiger partial charge in [0.2, 0.25) is 11.8 Å². The van der Waals surface area contributed by atoms with Gasteiger partial charge in [0.05, 0.1) is 30.7 Å². The minimum absolute atomic E-state index is 0.136. The highest BCUT2D eigenvalue weighted by Gasteiger charge is 2.18. The standard InChI is InChI=1S/C16H22N4O3.C7H15NS/c1-11(10-21-2)19-16-18-9-13-14(20-16)3-6-17-15(13)23-12-4-7-22-8-5-12;1-9-8-7-5-3-2-4-6-7/h3,6,9,11-12H,4-5,7-8,10H2,1-2H3,(H,18,19,20);7-8H,2-6H2,1H3. The molecule has 2 aromatic heterocycles. The van der Waals surface area contributed by atoms with Crippen LogP contribution in [0.2, 0.25) is 0 Å². The van der Waals surface area contributed by atoms with Crippen LogP contribution in [0.1, 0.15) is 51.9 Å². The van der Waals surface area contributed by atoms with Gasteiger partial charge < -0.3 is 19.5 Å². The third kappa shape index (κ3) is 8.03. The Hall–Kier alpha value is -1.68. The molecule has 1 saturated carbocycles. The number of hydrogen-bond acceptors (Lipinski definition) is 9. The minimum atomic E-state index is 0.136. The first-order valence-electron chi connectivity index (χ1n) is 11.6. The van der Waals surface area contributed by atoms with E-state index in [9.17, 15) is 0 Å². The number of pyridine rings is 1. The van der Waals surface area contributed by atoms with Crippen molar-refractivity contribution in [2.75, 3.05) is 38.5 Å². The summed E-state index contributed by atoms with van der Waals surface area (Å²) in [5.41, 5.74) is 0.809. The molecule has 1 unspecified atom stereocenters. The van der Waals surface area contributed by atoms with Gasteiger partial charge in [0.1, 0.15) is 6.10 Å². The first-order valence-corrected chi connectivity index (χ1v) is 12.8. The van der Waals surface area contributed by atoms with E-state index in [-0.39, 0.29) is 12.1 Å². The van der Waals surface area contributed by atoms with Gasteiger partial charge in [-0.1, -0.05) is 31.2 Å². The number of ether oxygens (including phenoxy) is 3. The van der Waals surface area contributed by atoms with Crippen molar-refractivity contribution < 1.29 is 14.2 Å². The number of anilines is 1. The van der Waals surface area contributed by atoms with Gasteiger partial charge in [-0.15, -0.1) is 0 Å². The lowest BCUT2D eigenvalue weighted by Gasteiger charge is -2.23. The molecule has 2 aromatic rings. The number of rotatable bonds is 8. The second-order valence-corrected chi connectivity index (χ2v) is 8.97. The van der Waals surface area contributed by atoms with Gasteiger partial charge >= 0.3 is 0 Å². The summed E-state index contributed by atoms with van der Waals surface area (Å²) in [6.45, 7) is 4.08. The van der Waals surface area contributed by atoms with E-state index in [1.54, 1.807) is 31.5 Å². The molecule has 0 spiro atoms. The van der Waals surface area contributed by atoms with Gasteiger partial charge in [-0.25, -0.2) is 15.0 Å². The molecule has 0 amide bonds. The Balaban J connectivity index is 0.000000269. The Morgan fingerprint density at radius 2 is 1.94 bits per heavy atom. The molecule has 0 radical (unpaired) electrons. The normalized spacial score (nSPS) is 18.6. The topological polar surface area (TPSA) is 90.4 Å². The average molecular weight is 464 g/mol. The monoisotopic (exact) mass is 463 g/mol. The quantitative estimate of drug-likeness (QED) is 0.559. The molecule has 0 aromatic carbocycles. The Bertz CT molecular complexity index is 798. The van der Waals surface area contributed by atoms with Crippen molar-refractivity contribution in [2.24, 2.45) is 0 Å². The lowest BCUT2D eigenvalue weighted by atomic mass is 9.96. The number of nitrogens with one attached hydrogen (secondary N) is 2. The van der Waals surface area contributed by atoms with Gasteiger partial charge in [-0.3, -0.25) is 4.72 Å². The van der Waals surface area contributed by atoms with Gasteiger partial charge in [0.25, 0.3) is 0 Å². The molecule has 1 aliphatic carbocycles. The number of hydrogen-bond donors (Lipinski definition) is 2. The molecule has 2 fully saturated rings. The van der Waals surface area contributed by atoms with Crippen LogP contribution < -0.4 is 14.8 Å². The second-order valence-electron chi connectivity index (χ2n) is 8.33. The molecule has 32 heavy (non-hydrogen) atoms. The van der Waals surface area contributed by atoms with E-state index >= 15 is 0 Å². The molecule has 9 heteroatoms. The number of nitrogens with zero attached hydrogens (tertiary/aromatic N) is 3. The van der Waals surface area contributed by atoms with E-state index in [4.69, 9.17) is 14.2 Å². The van der Waals surface area contributed by atoms with E-state index < -0.39 is 0 Å². The first kappa shape index (κ1) is 25.0. The zero-order valence-electron chi connectivity index (χ0n) is 19.5. The van der Waals surface area contributed by atoms with Gasteiger partial charge in [-0.05, 0) is 32.1 Å². The van der Waals surface area contributed by atoms with Crippen LogP contribution in [0, 0.1) is 0 Å². The molecule has 3 heterocycles. The third-order valence-electron chi connectivity index (χ3n) is 5.60. The van der Waals surface area contributed by atoms with Crippen LogP contribution in [0.15, 0.2) is 18.5 Å². The Kier molecular flexibility index (Phi) is 10.7. The van der Waals surface area contributed by atoms with Crippen LogP contribution in [0.3, 0.4) is 0 Å². The highest BCUT2D eigenvalue weighted by atomic mass is 32.2. The summed E-state index contributed by atoms with van der Waals surface area (Å²) in [7, 11) is 1.67. The Morgan fingerprint density at radius 3 is 2.66 bits per heavy atom. The maximum absolute atomic E-state index is 6.02. The van der Waals surface area contributed by atoms with Crippen LogP contribution in [0.25, 0.3) is 10.9 Å². The molecular formula is C23H37N5O3S. The molecule has 1 atom stereocenters. The van der Waals surface area contributed by atoms with Crippen LogP contribution in [0.5, 0.6) is 5.88 Å². The molecule has 2 aliphatic rings. The van der Waals surface area contributed by atoms with Gasteiger partial charge in [0, 0.05) is 44.4 Å². The fourth-order valence-corrected chi connectivity index (χ4v) is 4.52. The smallest absolute Gasteiger partial charge is 0.224 e. The molecular weight excluding hydrogens is 426 g/mol. The number of methoxy groups -OCH3 is 1. The number of aromatic nitrogens is 3. The van der Waals surface area contributed by atoms with Crippen LogP contribution in [-0.2, 0) is 9.47 Å². The first-order chi connectivity index (χ1) is 15.7. The lowest BCUT2D eigenvalue weighted by Crippen LogP contribution is -2.26. The summed E-state index contributed by atoms with van der Waals surface area (Å²) in [5.74, 6) is 1.16. The van der Waals surface area contributed by atoms with E-state index in [2.05, 4.69) is 31.2 Å². The molecule has 1 saturated heterocycles. The molecule has 178 valence electrons. The summed E-state index contributed by atoms with van der Waals surface area (Å²) < 4.78 is 19.9. The number of fused-ring (bicyclic) bond motifs is 1. The summed E-state index contributed by atoms with van der Waals surface area (Å²) in [4.78, 5) is 13.2. The van der Waals surface area contributed by atoms with Crippen molar-refractivity contribution in [2.45, 2.75) is 70.1 Å². The van der Waals surface area contributed by atoms with E-state index in [0.29, 0.717) is 18.4 Å². The zero-order chi connectivity index (χ0) is 22.6. The highest BCUT2D eigenvalue weighted by molar-refractivity contribution is 7.96. The molecule has 1 aliphatic heterocycles. The molecule has 2 N–H and O–H groups in total. The predicted octanol–water partition coefficient (Wildman–Crippen LogP) is 4.22. The van der Waals surface area contributed by atoms with Crippen LogP contribution in [0.4, 0.5) is 5.95 Å². The van der Waals surface area contributed by atoms with Crippen molar-refractivity contribution in [1.29, 1.82) is 0 Å². The maximum atomic E-state index is 6.02. The van der Waals surface area contributed by atoms with Crippen molar-refractivity contribution >= 4 is 28.8 Å². The second kappa shape index (κ2) is 13.8. The SMILES string of the molecule is COCC(C)Nc1ncc2c(OC3CCOCC3)nccc2n1.CSNC1CCCCC1. The minimum Gasteiger partial charge on any atom is -0.474 e. The van der Waals surface area contributed by atoms with Gasteiger partial charge in [-0.2, -0.15) is 0 Å². The predicted molar refractivity (Wildman–Crippen MR) is 130 cm³/mol. The fraction of sp³-hybridized carbons (Fsp3) is 0.696. The van der Waals surface area contributed by atoms with Crippen LogP contribution in [-0.4, -0.2) is 66.3 Å². The zero-order valence-corrected chi connectivity index (χ0v) is 20.3. The van der Waals surface area contributed by atoms with Crippen LogP contribution >= 0.6 is 11.9 Å².